The molecule has 0 radical (unpaired) electrons. The van der Waals surface area contributed by atoms with Crippen LogP contribution in [0.25, 0.3) is 6.08 Å². The monoisotopic (exact) mass is 268 g/mol. The number of hydrogen-bond acceptors (Lipinski definition) is 4. The van der Waals surface area contributed by atoms with E-state index in [9.17, 15) is 18.3 Å². The Bertz CT molecular complexity index is 668. The van der Waals surface area contributed by atoms with E-state index in [-0.39, 0.29) is 15.6 Å². The van der Waals surface area contributed by atoms with Gasteiger partial charge in [0.15, 0.2) is 0 Å². The number of phenols is 1. The first-order valence-corrected chi connectivity index (χ1v) is 6.70. The van der Waals surface area contributed by atoms with Crippen LogP contribution in [0, 0.1) is 5.41 Å². The summed E-state index contributed by atoms with van der Waals surface area (Å²) < 4.78 is 24.5. The fourth-order valence-corrected chi connectivity index (χ4v) is 3.94. The molecular formula is C12H12O5S. The molecule has 1 aromatic carbocycles. The number of benzene rings is 1. The SMILES string of the molecule is CC(C)(C(=O)O)C1=Cc2cccc(O)c2S1(=O)=O. The van der Waals surface area contributed by atoms with Gasteiger partial charge in [0.1, 0.15) is 10.6 Å². The summed E-state index contributed by atoms with van der Waals surface area (Å²) in [5.74, 6) is -1.59. The van der Waals surface area contributed by atoms with Crippen LogP contribution in [0.3, 0.4) is 0 Å². The first-order valence-electron chi connectivity index (χ1n) is 5.21. The van der Waals surface area contributed by atoms with Crippen molar-refractivity contribution in [2.45, 2.75) is 18.7 Å². The lowest BCUT2D eigenvalue weighted by atomic mass is 9.92. The minimum Gasteiger partial charge on any atom is -0.507 e. The molecule has 2 N–H and O–H groups in total. The Hall–Kier alpha value is -1.82. The molecule has 0 saturated carbocycles. The molecule has 96 valence electrons. The molecule has 0 amide bonds. The molecule has 0 aliphatic carbocycles. The quantitative estimate of drug-likeness (QED) is 0.850. The van der Waals surface area contributed by atoms with Crippen molar-refractivity contribution in [1.29, 1.82) is 0 Å². The number of hydrogen-bond donors (Lipinski definition) is 2. The molecule has 0 bridgehead atoms. The van der Waals surface area contributed by atoms with E-state index in [4.69, 9.17) is 5.11 Å². The second-order valence-corrected chi connectivity index (χ2v) is 6.49. The second kappa shape index (κ2) is 3.58. The molecule has 5 nitrogen and oxygen atoms in total. The summed E-state index contributed by atoms with van der Waals surface area (Å²) in [6.45, 7) is 2.64. The molecule has 0 aromatic heterocycles. The predicted octanol–water partition coefficient (Wildman–Crippen LogP) is 1.63. The van der Waals surface area contributed by atoms with E-state index < -0.39 is 21.2 Å². The van der Waals surface area contributed by atoms with Crippen LogP contribution >= 0.6 is 0 Å². The normalized spacial score (nSPS) is 17.1. The van der Waals surface area contributed by atoms with Gasteiger partial charge in [0.25, 0.3) is 0 Å². The van der Waals surface area contributed by atoms with Gasteiger partial charge in [-0.2, -0.15) is 0 Å². The van der Waals surface area contributed by atoms with Crippen molar-refractivity contribution in [3.05, 3.63) is 28.7 Å². The maximum atomic E-state index is 12.3. The molecule has 1 aliphatic rings. The summed E-state index contributed by atoms with van der Waals surface area (Å²) in [7, 11) is -3.95. The van der Waals surface area contributed by atoms with Gasteiger partial charge in [0.05, 0.1) is 10.3 Å². The van der Waals surface area contributed by atoms with Gasteiger partial charge in [0, 0.05) is 0 Å². The van der Waals surface area contributed by atoms with Crippen molar-refractivity contribution in [2.75, 3.05) is 0 Å². The second-order valence-electron chi connectivity index (χ2n) is 4.64. The smallest absolute Gasteiger partial charge is 0.314 e. The maximum Gasteiger partial charge on any atom is 0.314 e. The van der Waals surface area contributed by atoms with Gasteiger partial charge in [-0.15, -0.1) is 0 Å². The van der Waals surface area contributed by atoms with Gasteiger partial charge >= 0.3 is 5.97 Å². The van der Waals surface area contributed by atoms with E-state index >= 15 is 0 Å². The summed E-state index contributed by atoms with van der Waals surface area (Å²) in [5.41, 5.74) is -1.22. The Morgan fingerprint density at radius 2 is 1.89 bits per heavy atom. The van der Waals surface area contributed by atoms with E-state index in [0.717, 1.165) is 0 Å². The summed E-state index contributed by atoms with van der Waals surface area (Å²) in [6, 6.07) is 4.30. The number of aromatic hydroxyl groups is 1. The lowest BCUT2D eigenvalue weighted by Gasteiger charge is -2.20. The lowest BCUT2D eigenvalue weighted by molar-refractivity contribution is -0.144. The zero-order valence-corrected chi connectivity index (χ0v) is 10.7. The standard InChI is InChI=1S/C12H12O5S/c1-12(2,11(14)15)9-6-7-4-3-5-8(13)10(7)18(9,16)17/h3-6,13H,1-2H3,(H,14,15). The first-order chi connectivity index (χ1) is 8.19. The molecular weight excluding hydrogens is 256 g/mol. The van der Waals surface area contributed by atoms with Crippen LogP contribution in [0.4, 0.5) is 0 Å². The zero-order chi connectivity index (χ0) is 13.7. The number of rotatable bonds is 2. The van der Waals surface area contributed by atoms with Gasteiger partial charge < -0.3 is 10.2 Å². The highest BCUT2D eigenvalue weighted by molar-refractivity contribution is 7.96. The molecule has 0 atom stereocenters. The highest BCUT2D eigenvalue weighted by Crippen LogP contribution is 2.45. The van der Waals surface area contributed by atoms with Gasteiger partial charge in [-0.3, -0.25) is 4.79 Å². The summed E-state index contributed by atoms with van der Waals surface area (Å²) in [4.78, 5) is 10.7. The van der Waals surface area contributed by atoms with E-state index in [1.165, 1.54) is 38.1 Å². The lowest BCUT2D eigenvalue weighted by Crippen LogP contribution is -2.28. The van der Waals surface area contributed by atoms with Crippen molar-refractivity contribution in [3.8, 4) is 5.75 Å². The number of carboxylic acids is 1. The van der Waals surface area contributed by atoms with Crippen LogP contribution in [-0.4, -0.2) is 24.6 Å². The molecule has 6 heteroatoms. The summed E-state index contributed by atoms with van der Waals surface area (Å²) >= 11 is 0. The van der Waals surface area contributed by atoms with Crippen LogP contribution in [0.2, 0.25) is 0 Å². The average molecular weight is 268 g/mol. The van der Waals surface area contributed by atoms with Crippen LogP contribution in [0.5, 0.6) is 5.75 Å². The fourth-order valence-electron chi connectivity index (χ4n) is 1.90. The molecule has 0 fully saturated rings. The van der Waals surface area contributed by atoms with Crippen LogP contribution in [0.15, 0.2) is 28.0 Å². The minimum absolute atomic E-state index is 0.209. The predicted molar refractivity (Wildman–Crippen MR) is 64.7 cm³/mol. The topological polar surface area (TPSA) is 91.7 Å². The number of sulfone groups is 1. The number of aliphatic carboxylic acids is 1. The summed E-state index contributed by atoms with van der Waals surface area (Å²) in [5, 5.41) is 18.7. The molecule has 2 rings (SSSR count). The zero-order valence-electron chi connectivity index (χ0n) is 9.84. The largest absolute Gasteiger partial charge is 0.507 e. The third kappa shape index (κ3) is 1.53. The number of fused-ring (bicyclic) bond motifs is 1. The Morgan fingerprint density at radius 1 is 1.28 bits per heavy atom. The van der Waals surface area contributed by atoms with Crippen molar-refractivity contribution in [1.82, 2.24) is 0 Å². The maximum absolute atomic E-state index is 12.3. The Labute approximate surface area is 104 Å². The average Bonchev–Trinajstić information content (AvgIpc) is 2.52. The van der Waals surface area contributed by atoms with Gasteiger partial charge in [-0.05, 0) is 31.6 Å². The van der Waals surface area contributed by atoms with E-state index in [1.807, 2.05) is 0 Å². The highest BCUT2D eigenvalue weighted by Gasteiger charge is 2.45. The van der Waals surface area contributed by atoms with Gasteiger partial charge in [-0.25, -0.2) is 8.42 Å². The van der Waals surface area contributed by atoms with Crippen LogP contribution < -0.4 is 0 Å². The number of carboxylic acid groups (broad SMARTS) is 1. The van der Waals surface area contributed by atoms with Gasteiger partial charge in [-0.1, -0.05) is 12.1 Å². The number of phenolic OH excluding ortho intramolecular Hbond substituents is 1. The van der Waals surface area contributed by atoms with Crippen LogP contribution in [0.1, 0.15) is 19.4 Å². The Kier molecular flexibility index (Phi) is 2.52. The van der Waals surface area contributed by atoms with E-state index in [0.29, 0.717) is 5.56 Å². The van der Waals surface area contributed by atoms with E-state index in [1.54, 1.807) is 0 Å². The molecule has 0 spiro atoms. The molecule has 1 heterocycles. The molecule has 0 saturated heterocycles. The first kappa shape index (κ1) is 12.6. The Balaban J connectivity index is 2.73. The van der Waals surface area contributed by atoms with Crippen molar-refractivity contribution in [3.63, 3.8) is 0 Å². The van der Waals surface area contributed by atoms with Gasteiger partial charge in [0.2, 0.25) is 9.84 Å². The third-order valence-corrected chi connectivity index (χ3v) is 5.21. The van der Waals surface area contributed by atoms with Crippen molar-refractivity contribution < 1.29 is 23.4 Å². The summed E-state index contributed by atoms with van der Waals surface area (Å²) in [6.07, 6.45) is 1.30. The van der Waals surface area contributed by atoms with Crippen LogP contribution in [-0.2, 0) is 14.6 Å². The Morgan fingerprint density at radius 3 is 2.39 bits per heavy atom. The fraction of sp³-hybridized carbons (Fsp3) is 0.250. The van der Waals surface area contributed by atoms with E-state index in [2.05, 4.69) is 0 Å². The van der Waals surface area contributed by atoms with Crippen molar-refractivity contribution in [2.24, 2.45) is 5.41 Å². The molecule has 1 aliphatic heterocycles. The molecule has 0 unspecified atom stereocenters. The molecule has 18 heavy (non-hydrogen) atoms. The molecule has 1 aromatic rings. The van der Waals surface area contributed by atoms with Crippen molar-refractivity contribution >= 4 is 21.9 Å². The minimum atomic E-state index is -3.95. The number of carbonyl (C=O) groups is 1. The third-order valence-electron chi connectivity index (χ3n) is 3.02. The highest BCUT2D eigenvalue weighted by atomic mass is 32.2.